The molecule has 21 heavy (non-hydrogen) atoms. The molecule has 0 unspecified atom stereocenters. The highest BCUT2D eigenvalue weighted by molar-refractivity contribution is 5.38. The number of halogens is 1. The Balaban J connectivity index is 2.08. The highest BCUT2D eigenvalue weighted by atomic mass is 19.1. The predicted octanol–water partition coefficient (Wildman–Crippen LogP) is 2.28. The molecule has 1 aromatic carbocycles. The van der Waals surface area contributed by atoms with Gasteiger partial charge in [0.15, 0.2) is 0 Å². The van der Waals surface area contributed by atoms with Gasteiger partial charge in [-0.3, -0.25) is 0 Å². The predicted molar refractivity (Wildman–Crippen MR) is 78.2 cm³/mol. The molecule has 110 valence electrons. The molecule has 2 rings (SSSR count). The molecule has 0 atom stereocenters. The molecule has 0 spiro atoms. The molecular weight excluding hydrogens is 269 g/mol. The number of nitrogens with zero attached hydrogens (tertiary/aromatic N) is 2. The van der Waals surface area contributed by atoms with Gasteiger partial charge >= 0.3 is 0 Å². The van der Waals surface area contributed by atoms with Gasteiger partial charge in [-0.25, -0.2) is 4.39 Å². The van der Waals surface area contributed by atoms with Crippen LogP contribution in [0.15, 0.2) is 36.5 Å². The van der Waals surface area contributed by atoms with E-state index in [0.717, 1.165) is 12.2 Å². The lowest BCUT2D eigenvalue weighted by molar-refractivity contribution is 0.199. The van der Waals surface area contributed by atoms with Crippen molar-refractivity contribution in [3.63, 3.8) is 0 Å². The van der Waals surface area contributed by atoms with Crippen LogP contribution < -0.4 is 5.32 Å². The summed E-state index contributed by atoms with van der Waals surface area (Å²) in [5.74, 6) is -0.323. The Hall–Kier alpha value is -2.16. The molecule has 4 nitrogen and oxygen atoms in total. The molecule has 1 N–H and O–H groups in total. The molecule has 0 aliphatic rings. The minimum atomic E-state index is -0.323. The highest BCUT2D eigenvalue weighted by Crippen LogP contribution is 2.14. The summed E-state index contributed by atoms with van der Waals surface area (Å²) in [5.41, 5.74) is 2.27. The first-order valence-corrected chi connectivity index (χ1v) is 6.77. The zero-order valence-electron chi connectivity index (χ0n) is 12.0. The van der Waals surface area contributed by atoms with Gasteiger partial charge in [0.25, 0.3) is 0 Å². The number of methoxy groups -OCH3 is 1. The van der Waals surface area contributed by atoms with Crippen molar-refractivity contribution in [2.45, 2.75) is 13.1 Å². The van der Waals surface area contributed by atoms with Crippen LogP contribution in [0.4, 0.5) is 4.39 Å². The number of hydrogen-bond donors (Lipinski definition) is 1. The summed E-state index contributed by atoms with van der Waals surface area (Å²) in [6, 6.07) is 10.3. The molecule has 5 heteroatoms. The number of nitriles is 1. The molecule has 0 amide bonds. The number of hydrogen-bond acceptors (Lipinski definition) is 3. The second-order valence-corrected chi connectivity index (χ2v) is 4.71. The number of nitrogens with one attached hydrogen (secondary N) is 1. The monoisotopic (exact) mass is 287 g/mol. The summed E-state index contributed by atoms with van der Waals surface area (Å²) in [4.78, 5) is 0. The smallest absolute Gasteiger partial charge is 0.123 e. The summed E-state index contributed by atoms with van der Waals surface area (Å²) in [6.07, 6.45) is 1.93. The van der Waals surface area contributed by atoms with Crippen molar-refractivity contribution in [1.29, 1.82) is 5.26 Å². The fraction of sp³-hybridized carbons (Fsp3) is 0.312. The van der Waals surface area contributed by atoms with E-state index in [9.17, 15) is 4.39 Å². The third-order valence-electron chi connectivity index (χ3n) is 3.24. The molecule has 0 fully saturated rings. The normalized spacial score (nSPS) is 10.5. The van der Waals surface area contributed by atoms with E-state index in [4.69, 9.17) is 10.00 Å². The molecule has 0 radical (unpaired) electrons. The van der Waals surface area contributed by atoms with E-state index in [-0.39, 0.29) is 5.82 Å². The Bertz CT molecular complexity index is 631. The molecule has 0 bridgehead atoms. The minimum Gasteiger partial charge on any atom is -0.383 e. The van der Waals surface area contributed by atoms with Crippen LogP contribution in [0.1, 0.15) is 16.8 Å². The lowest BCUT2D eigenvalue weighted by Crippen LogP contribution is -2.20. The Morgan fingerprint density at radius 3 is 3.00 bits per heavy atom. The van der Waals surface area contributed by atoms with Crippen LogP contribution in [-0.4, -0.2) is 24.8 Å². The van der Waals surface area contributed by atoms with Crippen molar-refractivity contribution in [2.75, 3.05) is 20.3 Å². The summed E-state index contributed by atoms with van der Waals surface area (Å²) in [6.45, 7) is 2.61. The number of benzene rings is 1. The molecule has 1 heterocycles. The van der Waals surface area contributed by atoms with E-state index < -0.39 is 0 Å². The Labute approximate surface area is 123 Å². The van der Waals surface area contributed by atoms with Gasteiger partial charge in [-0.15, -0.1) is 0 Å². The van der Waals surface area contributed by atoms with Gasteiger partial charge in [-0.05, 0) is 35.9 Å². The maximum absolute atomic E-state index is 13.4. The first-order valence-electron chi connectivity index (χ1n) is 6.77. The Morgan fingerprint density at radius 1 is 1.38 bits per heavy atom. The van der Waals surface area contributed by atoms with E-state index in [2.05, 4.69) is 11.4 Å². The lowest BCUT2D eigenvalue weighted by atomic mass is 10.1. The Kier molecular flexibility index (Phi) is 5.50. The average Bonchev–Trinajstić information content (AvgIpc) is 2.91. The Morgan fingerprint density at radius 2 is 2.24 bits per heavy atom. The molecule has 0 saturated heterocycles. The average molecular weight is 287 g/mol. The molecule has 0 aliphatic carbocycles. The van der Waals surface area contributed by atoms with Crippen molar-refractivity contribution < 1.29 is 9.13 Å². The number of aromatic nitrogens is 1. The standard InChI is InChI=1S/C16H18FN3O/c1-21-8-6-19-11-16-3-2-7-20(16)12-14-9-15(17)5-4-13(14)10-18/h2-5,7,9,19H,6,8,11-12H2,1H3. The van der Waals surface area contributed by atoms with Crippen LogP contribution in [0.5, 0.6) is 0 Å². The van der Waals surface area contributed by atoms with Crippen molar-refractivity contribution in [2.24, 2.45) is 0 Å². The minimum absolute atomic E-state index is 0.323. The third-order valence-corrected chi connectivity index (χ3v) is 3.24. The van der Waals surface area contributed by atoms with Crippen LogP contribution in [0.25, 0.3) is 0 Å². The van der Waals surface area contributed by atoms with E-state index in [1.807, 2.05) is 22.9 Å². The molecule has 0 aliphatic heterocycles. The zero-order valence-corrected chi connectivity index (χ0v) is 12.0. The maximum Gasteiger partial charge on any atom is 0.123 e. The van der Waals surface area contributed by atoms with Gasteiger partial charge in [-0.2, -0.15) is 5.26 Å². The van der Waals surface area contributed by atoms with Gasteiger partial charge in [0, 0.05) is 38.6 Å². The zero-order chi connectivity index (χ0) is 15.1. The van der Waals surface area contributed by atoms with Gasteiger partial charge in [0.2, 0.25) is 0 Å². The van der Waals surface area contributed by atoms with Gasteiger partial charge in [0.1, 0.15) is 5.82 Å². The third kappa shape index (κ3) is 4.15. The van der Waals surface area contributed by atoms with Gasteiger partial charge < -0.3 is 14.6 Å². The van der Waals surface area contributed by atoms with Crippen LogP contribution in [-0.2, 0) is 17.8 Å². The summed E-state index contributed by atoms with van der Waals surface area (Å²) in [7, 11) is 1.66. The quantitative estimate of drug-likeness (QED) is 0.795. The first-order chi connectivity index (χ1) is 10.2. The first kappa shape index (κ1) is 15.2. The summed E-state index contributed by atoms with van der Waals surface area (Å²) < 4.78 is 20.3. The largest absolute Gasteiger partial charge is 0.383 e. The van der Waals surface area contributed by atoms with Gasteiger partial charge in [0.05, 0.1) is 18.2 Å². The van der Waals surface area contributed by atoms with Crippen molar-refractivity contribution in [3.05, 3.63) is 59.2 Å². The summed E-state index contributed by atoms with van der Waals surface area (Å²) >= 11 is 0. The van der Waals surface area contributed by atoms with Crippen molar-refractivity contribution >= 4 is 0 Å². The SMILES string of the molecule is COCCNCc1cccn1Cc1cc(F)ccc1C#N. The van der Waals surface area contributed by atoms with E-state index in [1.165, 1.54) is 18.2 Å². The van der Waals surface area contributed by atoms with Crippen molar-refractivity contribution in [3.8, 4) is 6.07 Å². The van der Waals surface area contributed by atoms with Gasteiger partial charge in [-0.1, -0.05) is 0 Å². The second-order valence-electron chi connectivity index (χ2n) is 4.71. The highest BCUT2D eigenvalue weighted by Gasteiger charge is 2.07. The van der Waals surface area contributed by atoms with Crippen molar-refractivity contribution in [1.82, 2.24) is 9.88 Å². The fourth-order valence-electron chi connectivity index (χ4n) is 2.14. The molecule has 1 aromatic heterocycles. The summed E-state index contributed by atoms with van der Waals surface area (Å²) in [5, 5.41) is 12.4. The second kappa shape index (κ2) is 7.58. The topological polar surface area (TPSA) is 50.0 Å². The lowest BCUT2D eigenvalue weighted by Gasteiger charge is -2.11. The molecular formula is C16H18FN3O. The van der Waals surface area contributed by atoms with Crippen LogP contribution in [0, 0.1) is 17.1 Å². The van der Waals surface area contributed by atoms with E-state index >= 15 is 0 Å². The number of ether oxygens (including phenoxy) is 1. The molecule has 0 saturated carbocycles. The van der Waals surface area contributed by atoms with Crippen LogP contribution >= 0.6 is 0 Å². The van der Waals surface area contributed by atoms with E-state index in [0.29, 0.717) is 30.8 Å². The maximum atomic E-state index is 13.4. The molecule has 2 aromatic rings. The van der Waals surface area contributed by atoms with E-state index in [1.54, 1.807) is 7.11 Å². The van der Waals surface area contributed by atoms with Crippen LogP contribution in [0.3, 0.4) is 0 Å². The fourth-order valence-corrected chi connectivity index (χ4v) is 2.14. The number of rotatable bonds is 7. The van der Waals surface area contributed by atoms with Crippen LogP contribution in [0.2, 0.25) is 0 Å².